The first kappa shape index (κ1) is 14.7. The highest BCUT2D eigenvalue weighted by Crippen LogP contribution is 2.28. The highest BCUT2D eigenvalue weighted by atomic mass is 16.3. The van der Waals surface area contributed by atoms with Crippen molar-refractivity contribution >= 4 is 11.4 Å². The lowest BCUT2D eigenvalue weighted by molar-refractivity contribution is 0.475. The average Bonchev–Trinajstić information content (AvgIpc) is 2.62. The van der Waals surface area contributed by atoms with Crippen LogP contribution in [0, 0.1) is 11.3 Å². The van der Waals surface area contributed by atoms with Gasteiger partial charge in [-0.3, -0.25) is 0 Å². The second kappa shape index (κ2) is 6.67. The van der Waals surface area contributed by atoms with E-state index in [9.17, 15) is 5.11 Å². The Labute approximate surface area is 135 Å². The maximum Gasteiger partial charge on any atom is 0.115 e. The van der Waals surface area contributed by atoms with Gasteiger partial charge in [0, 0.05) is 17.9 Å². The Morgan fingerprint density at radius 3 is 2.00 bits per heavy atom. The maximum atomic E-state index is 9.44. The molecule has 0 atom stereocenters. The van der Waals surface area contributed by atoms with Crippen molar-refractivity contribution in [3.8, 4) is 11.8 Å². The third-order valence-corrected chi connectivity index (χ3v) is 3.65. The van der Waals surface area contributed by atoms with Crippen molar-refractivity contribution in [2.24, 2.45) is 0 Å². The molecule has 0 unspecified atom stereocenters. The number of phenolic OH excluding ortho intramolecular Hbond substituents is 1. The van der Waals surface area contributed by atoms with Gasteiger partial charge in [-0.2, -0.15) is 5.26 Å². The van der Waals surface area contributed by atoms with Crippen LogP contribution in [0.15, 0.2) is 78.9 Å². The van der Waals surface area contributed by atoms with Crippen LogP contribution in [0.3, 0.4) is 0 Å². The maximum absolute atomic E-state index is 9.44. The molecule has 23 heavy (non-hydrogen) atoms. The number of rotatable bonds is 4. The van der Waals surface area contributed by atoms with E-state index in [0.717, 1.165) is 16.9 Å². The molecule has 3 rings (SSSR count). The molecule has 112 valence electrons. The number of nitriles is 1. The Kier molecular flexibility index (Phi) is 4.26. The molecule has 0 amide bonds. The van der Waals surface area contributed by atoms with E-state index in [1.54, 1.807) is 12.1 Å². The summed E-state index contributed by atoms with van der Waals surface area (Å²) in [5, 5.41) is 18.4. The number of benzene rings is 3. The van der Waals surface area contributed by atoms with Gasteiger partial charge < -0.3 is 10.0 Å². The third kappa shape index (κ3) is 3.50. The van der Waals surface area contributed by atoms with Gasteiger partial charge in [0.2, 0.25) is 0 Å². The fourth-order valence-corrected chi connectivity index (χ4v) is 2.44. The van der Waals surface area contributed by atoms with Gasteiger partial charge in [-0.1, -0.05) is 30.3 Å². The largest absolute Gasteiger partial charge is 0.508 e. The van der Waals surface area contributed by atoms with E-state index < -0.39 is 0 Å². The molecule has 0 aliphatic heterocycles. The van der Waals surface area contributed by atoms with Gasteiger partial charge in [-0.15, -0.1) is 0 Å². The summed E-state index contributed by atoms with van der Waals surface area (Å²) in [7, 11) is 0. The molecule has 3 heteroatoms. The Morgan fingerprint density at radius 2 is 1.39 bits per heavy atom. The summed E-state index contributed by atoms with van der Waals surface area (Å²) in [6.07, 6.45) is 0. The average molecular weight is 300 g/mol. The lowest BCUT2D eigenvalue weighted by Crippen LogP contribution is -2.16. The number of para-hydroxylation sites is 1. The van der Waals surface area contributed by atoms with Crippen LogP contribution < -0.4 is 4.90 Å². The van der Waals surface area contributed by atoms with Gasteiger partial charge in [0.1, 0.15) is 5.75 Å². The molecule has 0 saturated heterocycles. The third-order valence-electron chi connectivity index (χ3n) is 3.65. The molecule has 0 fully saturated rings. The fraction of sp³-hybridized carbons (Fsp3) is 0.0500. The number of aromatic hydroxyl groups is 1. The molecule has 0 aromatic heterocycles. The summed E-state index contributed by atoms with van der Waals surface area (Å²) in [6.45, 7) is 0.677. The monoisotopic (exact) mass is 300 g/mol. The van der Waals surface area contributed by atoms with Crippen LogP contribution >= 0.6 is 0 Å². The van der Waals surface area contributed by atoms with Crippen molar-refractivity contribution in [1.29, 1.82) is 5.26 Å². The van der Waals surface area contributed by atoms with E-state index in [-0.39, 0.29) is 5.75 Å². The van der Waals surface area contributed by atoms with Crippen molar-refractivity contribution in [1.82, 2.24) is 0 Å². The van der Waals surface area contributed by atoms with E-state index >= 15 is 0 Å². The molecule has 0 aliphatic carbocycles. The second-order valence-electron chi connectivity index (χ2n) is 5.25. The number of phenols is 1. The van der Waals surface area contributed by atoms with Crippen LogP contribution in [0.4, 0.5) is 11.4 Å². The zero-order valence-corrected chi connectivity index (χ0v) is 12.6. The zero-order chi connectivity index (χ0) is 16.1. The molecule has 0 heterocycles. The molecule has 3 nitrogen and oxygen atoms in total. The molecule has 3 aromatic rings. The molecule has 3 aromatic carbocycles. The summed E-state index contributed by atoms with van der Waals surface area (Å²) in [5.74, 6) is 0.262. The molecule has 1 N–H and O–H groups in total. The molecule has 0 aliphatic rings. The van der Waals surface area contributed by atoms with Crippen molar-refractivity contribution in [2.45, 2.75) is 6.54 Å². The summed E-state index contributed by atoms with van der Waals surface area (Å²) < 4.78 is 0. The van der Waals surface area contributed by atoms with Crippen LogP contribution in [-0.2, 0) is 6.54 Å². The molecule has 0 spiro atoms. The van der Waals surface area contributed by atoms with Crippen LogP contribution in [0.2, 0.25) is 0 Å². The van der Waals surface area contributed by atoms with E-state index in [2.05, 4.69) is 23.1 Å². The number of nitrogens with zero attached hydrogens (tertiary/aromatic N) is 2. The van der Waals surface area contributed by atoms with Crippen molar-refractivity contribution < 1.29 is 5.11 Å². The van der Waals surface area contributed by atoms with Crippen LogP contribution in [-0.4, -0.2) is 5.11 Å². The molecular weight excluding hydrogens is 284 g/mol. The first-order valence-electron chi connectivity index (χ1n) is 7.37. The second-order valence-corrected chi connectivity index (χ2v) is 5.25. The molecule has 0 saturated carbocycles. The molecule has 0 radical (unpaired) electrons. The van der Waals surface area contributed by atoms with Gasteiger partial charge in [0.05, 0.1) is 11.6 Å². The summed E-state index contributed by atoms with van der Waals surface area (Å²) in [5.41, 5.74) is 3.83. The van der Waals surface area contributed by atoms with Gasteiger partial charge in [-0.05, 0) is 54.1 Å². The van der Waals surface area contributed by atoms with Crippen molar-refractivity contribution in [3.63, 3.8) is 0 Å². The Hall–Kier alpha value is -3.25. The highest BCUT2D eigenvalue weighted by molar-refractivity contribution is 5.64. The topological polar surface area (TPSA) is 47.3 Å². The van der Waals surface area contributed by atoms with Crippen LogP contribution in [0.25, 0.3) is 0 Å². The molecule has 0 bridgehead atoms. The van der Waals surface area contributed by atoms with Gasteiger partial charge in [0.15, 0.2) is 0 Å². The van der Waals surface area contributed by atoms with E-state index in [1.807, 2.05) is 54.6 Å². The van der Waals surface area contributed by atoms with Crippen molar-refractivity contribution in [3.05, 3.63) is 90.0 Å². The Balaban J connectivity index is 1.96. The predicted molar refractivity (Wildman–Crippen MR) is 91.5 cm³/mol. The summed E-state index contributed by atoms with van der Waals surface area (Å²) in [4.78, 5) is 2.17. The highest BCUT2D eigenvalue weighted by Gasteiger charge is 2.10. The molecular formula is C20H16N2O. The van der Waals surface area contributed by atoms with Crippen molar-refractivity contribution in [2.75, 3.05) is 4.90 Å². The first-order valence-corrected chi connectivity index (χ1v) is 7.37. The van der Waals surface area contributed by atoms with Gasteiger partial charge >= 0.3 is 0 Å². The minimum atomic E-state index is 0.262. The fourth-order valence-electron chi connectivity index (χ4n) is 2.44. The predicted octanol–water partition coefficient (Wildman–Crippen LogP) is 4.60. The van der Waals surface area contributed by atoms with Gasteiger partial charge in [0.25, 0.3) is 0 Å². The Morgan fingerprint density at radius 1 is 0.783 bits per heavy atom. The normalized spacial score (nSPS) is 10.0. The van der Waals surface area contributed by atoms with E-state index in [0.29, 0.717) is 12.1 Å². The minimum Gasteiger partial charge on any atom is -0.508 e. The van der Waals surface area contributed by atoms with E-state index in [4.69, 9.17) is 5.26 Å². The lowest BCUT2D eigenvalue weighted by Gasteiger charge is -2.25. The standard InChI is InChI=1S/C20H16N2O/c21-14-16-6-10-19(11-7-16)22(18-4-2-1-3-5-18)15-17-8-12-20(23)13-9-17/h1-13,23H,15H2. The number of anilines is 2. The van der Waals surface area contributed by atoms with Crippen LogP contribution in [0.1, 0.15) is 11.1 Å². The van der Waals surface area contributed by atoms with Gasteiger partial charge in [-0.25, -0.2) is 0 Å². The summed E-state index contributed by atoms with van der Waals surface area (Å²) in [6, 6.07) is 27.0. The first-order chi connectivity index (χ1) is 11.3. The quantitative estimate of drug-likeness (QED) is 0.766. The van der Waals surface area contributed by atoms with Crippen LogP contribution in [0.5, 0.6) is 5.75 Å². The summed E-state index contributed by atoms with van der Waals surface area (Å²) >= 11 is 0. The number of hydrogen-bond acceptors (Lipinski definition) is 3. The minimum absolute atomic E-state index is 0.262. The van der Waals surface area contributed by atoms with E-state index in [1.165, 1.54) is 0 Å². The smallest absolute Gasteiger partial charge is 0.115 e. The Bertz CT molecular complexity index is 803. The zero-order valence-electron chi connectivity index (χ0n) is 12.6. The SMILES string of the molecule is N#Cc1ccc(N(Cc2ccc(O)cc2)c2ccccc2)cc1. The lowest BCUT2D eigenvalue weighted by atomic mass is 10.1. The number of hydrogen-bond donors (Lipinski definition) is 1.